The predicted molar refractivity (Wildman–Crippen MR) is 114 cm³/mol. The van der Waals surface area contributed by atoms with Gasteiger partial charge in [-0.15, -0.1) is 0 Å². The summed E-state index contributed by atoms with van der Waals surface area (Å²) in [5, 5.41) is 8.86. The molecule has 0 aromatic heterocycles. The van der Waals surface area contributed by atoms with Gasteiger partial charge in [-0.3, -0.25) is 9.59 Å². The Balaban J connectivity index is 1.63. The van der Waals surface area contributed by atoms with E-state index in [0.29, 0.717) is 29.5 Å². The smallest absolute Gasteiger partial charge is 0.329 e. The van der Waals surface area contributed by atoms with Gasteiger partial charge in [-0.2, -0.15) is 5.10 Å². The lowest BCUT2D eigenvalue weighted by Gasteiger charge is -2.11. The third-order valence-corrected chi connectivity index (χ3v) is 4.44. The Morgan fingerprint density at radius 1 is 1.07 bits per heavy atom. The molecule has 2 N–H and O–H groups in total. The first-order valence-corrected chi connectivity index (χ1v) is 9.46. The van der Waals surface area contributed by atoms with Gasteiger partial charge in [0.15, 0.2) is 0 Å². The number of nitrogens with one attached hydrogen (secondary N) is 2. The second-order valence-corrected chi connectivity index (χ2v) is 6.58. The highest BCUT2D eigenvalue weighted by Crippen LogP contribution is 2.27. The largest absolute Gasteiger partial charge is 0.487 e. The molecule has 3 aromatic rings. The number of carbonyl (C=O) groups is 2. The van der Waals surface area contributed by atoms with E-state index in [2.05, 4.69) is 34.0 Å². The standard InChI is InChI=1S/C22H20ClN3O3/c1-2-24-21(27)22(28)26-25-13-15-10-11-20(19(23)12-15)29-14-17-8-5-7-16-6-3-4-9-18(16)17/h3-13H,2,14H2,1H3,(H,24,27)(H,26,28)/b25-13-. The van der Waals surface area contributed by atoms with Crippen molar-refractivity contribution in [2.24, 2.45) is 5.10 Å². The lowest BCUT2D eigenvalue weighted by Crippen LogP contribution is -2.37. The van der Waals surface area contributed by atoms with Crippen LogP contribution in [0.4, 0.5) is 0 Å². The fourth-order valence-corrected chi connectivity index (χ4v) is 2.99. The van der Waals surface area contributed by atoms with Crippen LogP contribution in [0.15, 0.2) is 65.8 Å². The number of fused-ring (bicyclic) bond motifs is 1. The highest BCUT2D eigenvalue weighted by molar-refractivity contribution is 6.35. The highest BCUT2D eigenvalue weighted by atomic mass is 35.5. The van der Waals surface area contributed by atoms with Crippen LogP contribution in [0.5, 0.6) is 5.75 Å². The maximum atomic E-state index is 11.5. The summed E-state index contributed by atoms with van der Waals surface area (Å²) in [7, 11) is 0. The first kappa shape index (κ1) is 20.4. The van der Waals surface area contributed by atoms with Crippen LogP contribution in [0.3, 0.4) is 0 Å². The van der Waals surface area contributed by atoms with Crippen LogP contribution in [0, 0.1) is 0 Å². The summed E-state index contributed by atoms with van der Waals surface area (Å²) in [6, 6.07) is 19.4. The van der Waals surface area contributed by atoms with E-state index >= 15 is 0 Å². The van der Waals surface area contributed by atoms with Crippen molar-refractivity contribution in [2.45, 2.75) is 13.5 Å². The molecule has 0 spiro atoms. The summed E-state index contributed by atoms with van der Waals surface area (Å²) in [5.74, 6) is -1.02. The molecule has 7 heteroatoms. The van der Waals surface area contributed by atoms with Crippen molar-refractivity contribution in [3.05, 3.63) is 76.8 Å². The molecule has 0 aliphatic carbocycles. The van der Waals surface area contributed by atoms with Crippen LogP contribution in [0.2, 0.25) is 5.02 Å². The summed E-state index contributed by atoms with van der Waals surface area (Å²) < 4.78 is 5.89. The molecule has 6 nitrogen and oxygen atoms in total. The minimum absolute atomic E-state index is 0.367. The Kier molecular flexibility index (Phi) is 6.81. The summed E-state index contributed by atoms with van der Waals surface area (Å²) in [4.78, 5) is 22.8. The van der Waals surface area contributed by atoms with Crippen molar-refractivity contribution in [1.29, 1.82) is 0 Å². The van der Waals surface area contributed by atoms with Crippen LogP contribution in [-0.2, 0) is 16.2 Å². The van der Waals surface area contributed by atoms with Gasteiger partial charge in [0.1, 0.15) is 12.4 Å². The van der Waals surface area contributed by atoms with Crippen LogP contribution in [0.1, 0.15) is 18.1 Å². The number of nitrogens with zero attached hydrogens (tertiary/aromatic N) is 1. The molecule has 3 rings (SSSR count). The lowest BCUT2D eigenvalue weighted by atomic mass is 10.1. The topological polar surface area (TPSA) is 79.8 Å². The number of amides is 2. The van der Waals surface area contributed by atoms with Gasteiger partial charge in [0.05, 0.1) is 11.2 Å². The zero-order valence-electron chi connectivity index (χ0n) is 15.8. The zero-order chi connectivity index (χ0) is 20.6. The number of carbonyl (C=O) groups excluding carboxylic acids is 2. The highest BCUT2D eigenvalue weighted by Gasteiger charge is 2.10. The second kappa shape index (κ2) is 9.71. The van der Waals surface area contributed by atoms with Gasteiger partial charge < -0.3 is 10.1 Å². The van der Waals surface area contributed by atoms with E-state index in [1.54, 1.807) is 25.1 Å². The molecule has 0 unspecified atom stereocenters. The zero-order valence-corrected chi connectivity index (χ0v) is 16.6. The van der Waals surface area contributed by atoms with Gasteiger partial charge in [-0.25, -0.2) is 5.43 Å². The fraction of sp³-hybridized carbons (Fsp3) is 0.136. The molecule has 0 aliphatic heterocycles. The van der Waals surface area contributed by atoms with E-state index in [1.165, 1.54) is 6.21 Å². The molecular weight excluding hydrogens is 390 g/mol. The Morgan fingerprint density at radius 2 is 1.86 bits per heavy atom. The van der Waals surface area contributed by atoms with E-state index < -0.39 is 11.8 Å². The van der Waals surface area contributed by atoms with Gasteiger partial charge in [-0.05, 0) is 47.0 Å². The van der Waals surface area contributed by atoms with Crippen LogP contribution < -0.4 is 15.5 Å². The molecule has 29 heavy (non-hydrogen) atoms. The number of hydrogen-bond acceptors (Lipinski definition) is 4. The molecule has 0 saturated heterocycles. The summed E-state index contributed by atoms with van der Waals surface area (Å²) >= 11 is 6.31. The quantitative estimate of drug-likeness (QED) is 0.370. The number of ether oxygens (including phenoxy) is 1. The maximum Gasteiger partial charge on any atom is 0.329 e. The van der Waals surface area contributed by atoms with Crippen molar-refractivity contribution >= 4 is 40.4 Å². The number of halogens is 1. The van der Waals surface area contributed by atoms with Crippen LogP contribution >= 0.6 is 11.6 Å². The Morgan fingerprint density at radius 3 is 2.66 bits per heavy atom. The van der Waals surface area contributed by atoms with E-state index in [-0.39, 0.29) is 0 Å². The molecule has 0 fully saturated rings. The summed E-state index contributed by atoms with van der Waals surface area (Å²) in [5.41, 5.74) is 3.88. The van der Waals surface area contributed by atoms with Crippen molar-refractivity contribution in [3.63, 3.8) is 0 Å². The van der Waals surface area contributed by atoms with Gasteiger partial charge in [0.2, 0.25) is 0 Å². The number of benzene rings is 3. The van der Waals surface area contributed by atoms with Crippen molar-refractivity contribution in [2.75, 3.05) is 6.54 Å². The number of hydrazone groups is 1. The molecule has 3 aromatic carbocycles. The fourth-order valence-electron chi connectivity index (χ4n) is 2.75. The SMILES string of the molecule is CCNC(=O)C(=O)N/N=C\c1ccc(OCc2cccc3ccccc23)c(Cl)c1. The molecule has 0 saturated carbocycles. The number of likely N-dealkylation sites (N-methyl/N-ethyl adjacent to an activating group) is 1. The first-order chi connectivity index (χ1) is 14.1. The Bertz CT molecular complexity index is 1060. The van der Waals surface area contributed by atoms with E-state index in [0.717, 1.165) is 16.3 Å². The maximum absolute atomic E-state index is 11.5. The molecular formula is C22H20ClN3O3. The van der Waals surface area contributed by atoms with E-state index in [1.807, 2.05) is 24.3 Å². The van der Waals surface area contributed by atoms with Crippen molar-refractivity contribution in [3.8, 4) is 5.75 Å². The monoisotopic (exact) mass is 409 g/mol. The molecule has 0 radical (unpaired) electrons. The third-order valence-electron chi connectivity index (χ3n) is 4.14. The van der Waals surface area contributed by atoms with Gasteiger partial charge in [0.25, 0.3) is 0 Å². The molecule has 0 bridgehead atoms. The van der Waals surface area contributed by atoms with Crippen LogP contribution in [-0.4, -0.2) is 24.6 Å². The lowest BCUT2D eigenvalue weighted by molar-refractivity contribution is -0.139. The summed E-state index contributed by atoms with van der Waals surface area (Å²) in [6.07, 6.45) is 1.40. The van der Waals surface area contributed by atoms with E-state index in [4.69, 9.17) is 16.3 Å². The normalized spacial score (nSPS) is 10.8. The predicted octanol–water partition coefficient (Wildman–Crippen LogP) is 3.66. The van der Waals surface area contributed by atoms with Gasteiger partial charge in [-0.1, -0.05) is 54.1 Å². The van der Waals surface area contributed by atoms with Crippen molar-refractivity contribution in [1.82, 2.24) is 10.7 Å². The van der Waals surface area contributed by atoms with Crippen molar-refractivity contribution < 1.29 is 14.3 Å². The average Bonchev–Trinajstić information content (AvgIpc) is 2.73. The molecule has 2 amide bonds. The number of rotatable bonds is 6. The second-order valence-electron chi connectivity index (χ2n) is 6.18. The number of hydrogen-bond donors (Lipinski definition) is 2. The average molecular weight is 410 g/mol. The molecule has 0 aliphatic rings. The molecule has 148 valence electrons. The van der Waals surface area contributed by atoms with Gasteiger partial charge >= 0.3 is 11.8 Å². The third kappa shape index (κ3) is 5.33. The summed E-state index contributed by atoms with van der Waals surface area (Å²) in [6.45, 7) is 2.48. The van der Waals surface area contributed by atoms with Crippen LogP contribution in [0.25, 0.3) is 10.8 Å². The molecule has 0 atom stereocenters. The minimum Gasteiger partial charge on any atom is -0.487 e. The first-order valence-electron chi connectivity index (χ1n) is 9.08. The van der Waals surface area contributed by atoms with Gasteiger partial charge in [0, 0.05) is 6.54 Å². The Labute approximate surface area is 173 Å². The molecule has 0 heterocycles. The van der Waals surface area contributed by atoms with E-state index in [9.17, 15) is 9.59 Å². The Hall–Kier alpha value is -3.38. The minimum atomic E-state index is -0.829.